The average Bonchev–Trinajstić information content (AvgIpc) is 4.19. The summed E-state index contributed by atoms with van der Waals surface area (Å²) in [4.78, 5) is 7.36. The van der Waals surface area contributed by atoms with Crippen molar-refractivity contribution in [3.05, 3.63) is 153 Å². The summed E-state index contributed by atoms with van der Waals surface area (Å²) in [5, 5.41) is 12.2. The van der Waals surface area contributed by atoms with Crippen LogP contribution in [0.4, 0.5) is 0 Å². The number of fused-ring (bicyclic) bond motifs is 11. The molecule has 0 saturated heterocycles. The van der Waals surface area contributed by atoms with Gasteiger partial charge in [-0.25, -0.2) is 0 Å². The quantitative estimate of drug-likeness (QED) is 0.276. The molecule has 0 N–H and O–H groups in total. The molecule has 14 rings (SSSR count). The number of hydrogen-bond acceptors (Lipinski definition) is 4. The fourth-order valence-electron chi connectivity index (χ4n) is 17.3. The standard InChI is InChI=1S/C63H72N4S/c1-38-16-15-26-55-60(38)46-21-8-12-24-52(46)66(55)57-36-58(67-53-25-13-9-22-47(53)61-56(67)31-30-45-44-20-10-14-27-59(44)68-62(45)61)48(34-40(57)37-64)54-33-32-51(65(54)41-17-5-4-6-18-41)39-28-29-43-42-19-7-11-23-49(42)63(2,3)50(43)35-39/h5,8,12-15,17,19,21,24-27,32-33,35-36,38-41,43,45-46,48-49,51-52,54,57,62H,4,6-7,9-11,16,18,20,22-23,28-31,34H2,1-3H3/t38?,39?,40?,41?,43?,45?,46?,48?,49?,51?,52?,54-,57?,62?/m0/s1. The highest BCUT2D eigenvalue weighted by molar-refractivity contribution is 8.03. The van der Waals surface area contributed by atoms with Gasteiger partial charge in [-0.15, -0.1) is 11.8 Å². The van der Waals surface area contributed by atoms with Crippen LogP contribution in [-0.2, 0) is 12.8 Å². The van der Waals surface area contributed by atoms with E-state index in [1.807, 2.05) is 0 Å². The van der Waals surface area contributed by atoms with E-state index in [2.05, 4.69) is 156 Å². The van der Waals surface area contributed by atoms with Gasteiger partial charge in [-0.2, -0.15) is 5.26 Å². The first-order valence-electron chi connectivity index (χ1n) is 27.6. The van der Waals surface area contributed by atoms with E-state index < -0.39 is 0 Å². The van der Waals surface area contributed by atoms with Crippen LogP contribution < -0.4 is 0 Å². The zero-order chi connectivity index (χ0) is 45.4. The molecule has 68 heavy (non-hydrogen) atoms. The van der Waals surface area contributed by atoms with Crippen molar-refractivity contribution in [2.45, 2.75) is 159 Å². The van der Waals surface area contributed by atoms with Gasteiger partial charge in [-0.3, -0.25) is 4.90 Å². The number of nitriles is 1. The second-order valence-corrected chi connectivity index (χ2v) is 25.0. The molecule has 0 amide bonds. The van der Waals surface area contributed by atoms with E-state index in [0.717, 1.165) is 38.0 Å². The number of aromatic nitrogens is 1. The zero-order valence-corrected chi connectivity index (χ0v) is 41.7. The zero-order valence-electron chi connectivity index (χ0n) is 40.9. The first kappa shape index (κ1) is 42.6. The minimum absolute atomic E-state index is 0.0124. The lowest BCUT2D eigenvalue weighted by atomic mass is 9.71. The monoisotopic (exact) mass is 917 g/mol. The Morgan fingerprint density at radius 3 is 2.53 bits per heavy atom. The first-order valence-corrected chi connectivity index (χ1v) is 28.5. The van der Waals surface area contributed by atoms with Crippen molar-refractivity contribution in [2.24, 2.45) is 52.8 Å². The Hall–Kier alpha value is -4.24. The molecule has 1 aromatic rings. The van der Waals surface area contributed by atoms with Crippen molar-refractivity contribution in [1.29, 1.82) is 5.26 Å². The van der Waals surface area contributed by atoms with Crippen molar-refractivity contribution in [3.63, 3.8) is 0 Å². The molecule has 1 aromatic heterocycles. The van der Waals surface area contributed by atoms with Crippen LogP contribution in [0.2, 0.25) is 0 Å². The van der Waals surface area contributed by atoms with Gasteiger partial charge in [0.15, 0.2) is 0 Å². The molecule has 4 nitrogen and oxygen atoms in total. The first-order chi connectivity index (χ1) is 33.4. The SMILES string of the molecule is CC1CC=CC2=C1C1C=CC=CC1N2C1C=C(n2c3c(c4c2CCC2C5=C(C=CCC5)SC42)CCC=C3)C([C@@H]2C=CC(C3C=C4C(CC3)C3=CCCCC3C4(C)C)N2C2C=CCCC2)CC1C#N. The van der Waals surface area contributed by atoms with Crippen LogP contribution in [0.25, 0.3) is 11.8 Å². The molecule has 5 heteroatoms. The molecule has 1 saturated carbocycles. The van der Waals surface area contributed by atoms with Crippen LogP contribution in [0, 0.1) is 64.1 Å². The molecule has 14 atom stereocenters. The van der Waals surface area contributed by atoms with Crippen LogP contribution in [0.15, 0.2) is 130 Å². The molecular weight excluding hydrogens is 845 g/mol. The normalized spacial score (nSPS) is 40.2. The third kappa shape index (κ3) is 6.27. The van der Waals surface area contributed by atoms with Gasteiger partial charge in [0.2, 0.25) is 0 Å². The Kier molecular flexibility index (Phi) is 10.3. The Labute approximate surface area is 411 Å². The van der Waals surface area contributed by atoms with E-state index in [-0.39, 0.29) is 35.4 Å². The molecule has 13 unspecified atom stereocenters. The van der Waals surface area contributed by atoms with E-state index in [1.165, 1.54) is 87.7 Å². The summed E-state index contributed by atoms with van der Waals surface area (Å²) < 4.78 is 2.88. The largest absolute Gasteiger partial charge is 0.356 e. The lowest BCUT2D eigenvalue weighted by Gasteiger charge is -2.48. The van der Waals surface area contributed by atoms with Gasteiger partial charge in [-0.05, 0) is 167 Å². The minimum Gasteiger partial charge on any atom is -0.356 e. The van der Waals surface area contributed by atoms with Crippen molar-refractivity contribution >= 4 is 23.5 Å². The lowest BCUT2D eigenvalue weighted by molar-refractivity contribution is 0.0942. The van der Waals surface area contributed by atoms with Crippen molar-refractivity contribution in [2.75, 3.05) is 0 Å². The van der Waals surface area contributed by atoms with Gasteiger partial charge >= 0.3 is 0 Å². The summed E-state index contributed by atoms with van der Waals surface area (Å²) in [6.45, 7) is 7.61. The van der Waals surface area contributed by atoms with Crippen LogP contribution in [0.3, 0.4) is 0 Å². The Balaban J connectivity index is 0.925. The lowest BCUT2D eigenvalue weighted by Crippen LogP contribution is -2.53. The topological polar surface area (TPSA) is 35.2 Å². The van der Waals surface area contributed by atoms with E-state index in [9.17, 15) is 5.26 Å². The highest BCUT2D eigenvalue weighted by Gasteiger charge is 2.54. The molecule has 0 bridgehead atoms. The molecule has 10 aliphatic carbocycles. The van der Waals surface area contributed by atoms with Crippen LogP contribution in [0.1, 0.15) is 138 Å². The molecule has 1 fully saturated rings. The third-order valence-electron chi connectivity index (χ3n) is 20.3. The maximum Gasteiger partial charge on any atom is 0.0711 e. The van der Waals surface area contributed by atoms with Gasteiger partial charge in [0.1, 0.15) is 0 Å². The molecule has 0 spiro atoms. The summed E-state index contributed by atoms with van der Waals surface area (Å²) in [6.07, 6.45) is 62.2. The van der Waals surface area contributed by atoms with Gasteiger partial charge in [-0.1, -0.05) is 123 Å². The van der Waals surface area contributed by atoms with Gasteiger partial charge in [0.25, 0.3) is 0 Å². The molecule has 13 aliphatic rings. The molecule has 350 valence electrons. The van der Waals surface area contributed by atoms with Gasteiger partial charge in [0, 0.05) is 68.8 Å². The van der Waals surface area contributed by atoms with Crippen molar-refractivity contribution < 1.29 is 0 Å². The van der Waals surface area contributed by atoms with E-state index in [4.69, 9.17) is 0 Å². The van der Waals surface area contributed by atoms with Crippen LogP contribution in [-0.4, -0.2) is 44.6 Å². The highest BCUT2D eigenvalue weighted by Crippen LogP contribution is 2.63. The number of rotatable bonds is 5. The molecule has 4 heterocycles. The summed E-state index contributed by atoms with van der Waals surface area (Å²) in [5.74, 6) is 3.47. The molecular formula is C63H72N4S. The predicted molar refractivity (Wildman–Crippen MR) is 281 cm³/mol. The smallest absolute Gasteiger partial charge is 0.0711 e. The number of allylic oxidation sites excluding steroid dienone is 12. The maximum atomic E-state index is 11.7. The summed E-state index contributed by atoms with van der Waals surface area (Å²) in [7, 11) is 0. The van der Waals surface area contributed by atoms with Gasteiger partial charge < -0.3 is 9.47 Å². The predicted octanol–water partition coefficient (Wildman–Crippen LogP) is 14.5. The summed E-state index contributed by atoms with van der Waals surface area (Å²) in [5.41, 5.74) is 16.4. The van der Waals surface area contributed by atoms with E-state index in [0.29, 0.717) is 46.9 Å². The Morgan fingerprint density at radius 2 is 1.63 bits per heavy atom. The number of nitrogens with zero attached hydrogens (tertiary/aromatic N) is 4. The fourth-order valence-corrected chi connectivity index (χ4v) is 19.1. The summed E-state index contributed by atoms with van der Waals surface area (Å²) >= 11 is 2.20. The maximum absolute atomic E-state index is 11.7. The van der Waals surface area contributed by atoms with Gasteiger partial charge in [0.05, 0.1) is 24.1 Å². The Bertz CT molecular complexity index is 2740. The molecule has 3 aliphatic heterocycles. The molecule has 0 aromatic carbocycles. The van der Waals surface area contributed by atoms with E-state index in [1.54, 1.807) is 44.0 Å². The minimum atomic E-state index is -0.124. The van der Waals surface area contributed by atoms with E-state index >= 15 is 0 Å². The fraction of sp³-hybridized carbons (Fsp3) is 0.540. The highest BCUT2D eigenvalue weighted by atomic mass is 32.2. The van der Waals surface area contributed by atoms with Crippen LogP contribution in [0.5, 0.6) is 0 Å². The van der Waals surface area contributed by atoms with Crippen molar-refractivity contribution in [1.82, 2.24) is 14.4 Å². The third-order valence-corrected chi connectivity index (χ3v) is 21.7. The average molecular weight is 917 g/mol. The Morgan fingerprint density at radius 1 is 0.765 bits per heavy atom. The second kappa shape index (κ2) is 16.4. The number of thioether (sulfide) groups is 1. The number of hydrogen-bond donors (Lipinski definition) is 0. The van der Waals surface area contributed by atoms with Crippen LogP contribution >= 0.6 is 11.8 Å². The second-order valence-electron chi connectivity index (χ2n) is 23.8. The van der Waals surface area contributed by atoms with Crippen molar-refractivity contribution in [3.8, 4) is 6.07 Å². The summed E-state index contributed by atoms with van der Waals surface area (Å²) in [6, 6.07) is 4.29. The molecule has 0 radical (unpaired) electrons.